The van der Waals surface area contributed by atoms with Gasteiger partial charge in [-0.25, -0.2) is 0 Å². The Kier molecular flexibility index (Phi) is 3.81. The van der Waals surface area contributed by atoms with Gasteiger partial charge in [-0.15, -0.1) is 0 Å². The van der Waals surface area contributed by atoms with Crippen LogP contribution in [-0.4, -0.2) is 23.0 Å². The highest BCUT2D eigenvalue weighted by Gasteiger charge is 2.45. The molecule has 0 aromatic heterocycles. The lowest BCUT2D eigenvalue weighted by molar-refractivity contribution is -0.122. The fourth-order valence-corrected chi connectivity index (χ4v) is 4.06. The second kappa shape index (κ2) is 5.08. The van der Waals surface area contributed by atoms with E-state index in [1.165, 1.54) is 5.56 Å². The average molecular weight is 278 g/mol. The van der Waals surface area contributed by atoms with Crippen molar-refractivity contribution in [2.75, 3.05) is 16.8 Å². The van der Waals surface area contributed by atoms with Gasteiger partial charge in [0, 0.05) is 11.4 Å². The standard InChI is InChI=1S/C15H22N2OS/c1-11-4-6-12(7-5-11)17-15(13(16)18)8-14(2,3)9-19-10-15/h4-7,17H,8-10H2,1-3H3,(H2,16,18). The summed E-state index contributed by atoms with van der Waals surface area (Å²) >= 11 is 1.80. The van der Waals surface area contributed by atoms with Gasteiger partial charge in [-0.05, 0) is 36.6 Å². The molecule has 1 atom stereocenters. The lowest BCUT2D eigenvalue weighted by atomic mass is 9.79. The molecule has 1 amide bonds. The van der Waals surface area contributed by atoms with Crippen molar-refractivity contribution in [2.45, 2.75) is 32.7 Å². The van der Waals surface area contributed by atoms with Crippen LogP contribution in [-0.2, 0) is 4.79 Å². The first-order chi connectivity index (χ1) is 8.83. The van der Waals surface area contributed by atoms with Gasteiger partial charge in [0.2, 0.25) is 5.91 Å². The maximum absolute atomic E-state index is 12.0. The minimum atomic E-state index is -0.637. The number of benzene rings is 1. The van der Waals surface area contributed by atoms with Gasteiger partial charge in [0.15, 0.2) is 0 Å². The van der Waals surface area contributed by atoms with Crippen LogP contribution < -0.4 is 11.1 Å². The van der Waals surface area contributed by atoms with Crippen molar-refractivity contribution in [2.24, 2.45) is 11.1 Å². The molecule has 1 fully saturated rings. The van der Waals surface area contributed by atoms with Crippen molar-refractivity contribution in [1.82, 2.24) is 0 Å². The van der Waals surface area contributed by atoms with Crippen LogP contribution in [0.4, 0.5) is 5.69 Å². The van der Waals surface area contributed by atoms with Crippen LogP contribution in [0.3, 0.4) is 0 Å². The summed E-state index contributed by atoms with van der Waals surface area (Å²) in [5.41, 5.74) is 7.34. The minimum absolute atomic E-state index is 0.121. The summed E-state index contributed by atoms with van der Waals surface area (Å²) in [6.07, 6.45) is 0.774. The number of thioether (sulfide) groups is 1. The molecule has 1 saturated heterocycles. The molecule has 19 heavy (non-hydrogen) atoms. The summed E-state index contributed by atoms with van der Waals surface area (Å²) in [6.45, 7) is 6.43. The van der Waals surface area contributed by atoms with Crippen molar-refractivity contribution < 1.29 is 4.79 Å². The van der Waals surface area contributed by atoms with E-state index in [1.807, 2.05) is 31.2 Å². The van der Waals surface area contributed by atoms with Crippen LogP contribution in [0.1, 0.15) is 25.8 Å². The number of hydrogen-bond donors (Lipinski definition) is 2. The number of anilines is 1. The van der Waals surface area contributed by atoms with E-state index in [1.54, 1.807) is 11.8 Å². The molecule has 1 aliphatic rings. The van der Waals surface area contributed by atoms with Crippen LogP contribution in [0.5, 0.6) is 0 Å². The Bertz CT molecular complexity index is 470. The number of primary amides is 1. The summed E-state index contributed by atoms with van der Waals surface area (Å²) in [5, 5.41) is 3.38. The molecule has 0 radical (unpaired) electrons. The maximum atomic E-state index is 12.0. The molecule has 1 heterocycles. The summed E-state index contributed by atoms with van der Waals surface area (Å²) in [6, 6.07) is 8.09. The van der Waals surface area contributed by atoms with Gasteiger partial charge in [0.05, 0.1) is 0 Å². The molecule has 0 bridgehead atoms. The molecule has 0 spiro atoms. The zero-order chi connectivity index (χ0) is 14.1. The van der Waals surface area contributed by atoms with E-state index < -0.39 is 5.54 Å². The number of carbonyl (C=O) groups is 1. The summed E-state index contributed by atoms with van der Waals surface area (Å²) in [4.78, 5) is 12.0. The van der Waals surface area contributed by atoms with E-state index in [0.29, 0.717) is 0 Å². The maximum Gasteiger partial charge on any atom is 0.243 e. The van der Waals surface area contributed by atoms with Gasteiger partial charge in [-0.3, -0.25) is 4.79 Å². The average Bonchev–Trinajstić information content (AvgIpc) is 2.31. The van der Waals surface area contributed by atoms with E-state index in [2.05, 4.69) is 19.2 Å². The molecule has 104 valence electrons. The second-order valence-corrected chi connectivity index (χ2v) is 7.26. The number of amides is 1. The highest BCUT2D eigenvalue weighted by atomic mass is 32.2. The third-order valence-corrected chi connectivity index (χ3v) is 5.21. The first-order valence-electron chi connectivity index (χ1n) is 6.56. The number of nitrogens with two attached hydrogens (primary N) is 1. The number of carbonyl (C=O) groups excluding carboxylic acids is 1. The molecular weight excluding hydrogens is 256 g/mol. The Morgan fingerprint density at radius 1 is 1.26 bits per heavy atom. The number of hydrogen-bond acceptors (Lipinski definition) is 3. The van der Waals surface area contributed by atoms with Gasteiger partial charge in [-0.1, -0.05) is 31.5 Å². The van der Waals surface area contributed by atoms with Crippen LogP contribution >= 0.6 is 11.8 Å². The monoisotopic (exact) mass is 278 g/mol. The van der Waals surface area contributed by atoms with Crippen molar-refractivity contribution in [3.63, 3.8) is 0 Å². The van der Waals surface area contributed by atoms with E-state index >= 15 is 0 Å². The minimum Gasteiger partial charge on any atom is -0.371 e. The molecule has 4 heteroatoms. The van der Waals surface area contributed by atoms with Crippen LogP contribution in [0.15, 0.2) is 24.3 Å². The normalized spacial score (nSPS) is 25.8. The van der Waals surface area contributed by atoms with Gasteiger partial charge in [0.25, 0.3) is 0 Å². The first-order valence-corrected chi connectivity index (χ1v) is 7.71. The Balaban J connectivity index is 2.25. The van der Waals surface area contributed by atoms with Crippen molar-refractivity contribution in [3.05, 3.63) is 29.8 Å². The molecule has 3 N–H and O–H groups in total. The highest BCUT2D eigenvalue weighted by Crippen LogP contribution is 2.40. The van der Waals surface area contributed by atoms with Crippen molar-refractivity contribution in [1.29, 1.82) is 0 Å². The molecular formula is C15H22N2OS. The van der Waals surface area contributed by atoms with Crippen molar-refractivity contribution >= 4 is 23.4 Å². The smallest absolute Gasteiger partial charge is 0.243 e. The van der Waals surface area contributed by atoms with Crippen LogP contribution in [0.2, 0.25) is 0 Å². The quantitative estimate of drug-likeness (QED) is 0.894. The fraction of sp³-hybridized carbons (Fsp3) is 0.533. The lowest BCUT2D eigenvalue weighted by Crippen LogP contribution is -2.57. The number of rotatable bonds is 3. The molecule has 1 unspecified atom stereocenters. The van der Waals surface area contributed by atoms with Gasteiger partial charge in [0.1, 0.15) is 5.54 Å². The lowest BCUT2D eigenvalue weighted by Gasteiger charge is -2.43. The molecule has 1 aromatic carbocycles. The number of nitrogens with one attached hydrogen (secondary N) is 1. The Labute approximate surface area is 119 Å². The van der Waals surface area contributed by atoms with Crippen molar-refractivity contribution in [3.8, 4) is 0 Å². The molecule has 2 rings (SSSR count). The third kappa shape index (κ3) is 3.24. The molecule has 0 aliphatic carbocycles. The second-order valence-electron chi connectivity index (χ2n) is 6.27. The third-order valence-electron chi connectivity index (χ3n) is 3.53. The Morgan fingerprint density at radius 2 is 1.89 bits per heavy atom. The van der Waals surface area contributed by atoms with Gasteiger partial charge < -0.3 is 11.1 Å². The van der Waals surface area contributed by atoms with Crippen LogP contribution in [0, 0.1) is 12.3 Å². The highest BCUT2D eigenvalue weighted by molar-refractivity contribution is 7.99. The number of aryl methyl sites for hydroxylation is 1. The molecule has 1 aromatic rings. The first kappa shape index (κ1) is 14.3. The summed E-state index contributed by atoms with van der Waals surface area (Å²) < 4.78 is 0. The zero-order valence-electron chi connectivity index (χ0n) is 11.8. The molecule has 1 aliphatic heterocycles. The predicted octanol–water partition coefficient (Wildman–Crippen LogP) is 2.79. The summed E-state index contributed by atoms with van der Waals surface area (Å²) in [7, 11) is 0. The Hall–Kier alpha value is -1.16. The van der Waals surface area contributed by atoms with Gasteiger partial charge >= 0.3 is 0 Å². The topological polar surface area (TPSA) is 55.1 Å². The SMILES string of the molecule is Cc1ccc(NC2(C(N)=O)CSCC(C)(C)C2)cc1. The molecule has 0 saturated carbocycles. The van der Waals surface area contributed by atoms with E-state index in [4.69, 9.17) is 5.73 Å². The van der Waals surface area contributed by atoms with E-state index in [0.717, 1.165) is 23.6 Å². The fourth-order valence-electron chi connectivity index (χ4n) is 2.63. The van der Waals surface area contributed by atoms with E-state index in [-0.39, 0.29) is 11.3 Å². The Morgan fingerprint density at radius 3 is 2.42 bits per heavy atom. The van der Waals surface area contributed by atoms with Crippen LogP contribution in [0.25, 0.3) is 0 Å². The predicted molar refractivity (Wildman–Crippen MR) is 82.5 cm³/mol. The molecule has 3 nitrogen and oxygen atoms in total. The largest absolute Gasteiger partial charge is 0.371 e. The summed E-state index contributed by atoms with van der Waals surface area (Å²) in [5.74, 6) is 1.55. The van der Waals surface area contributed by atoms with Gasteiger partial charge in [-0.2, -0.15) is 11.8 Å². The van der Waals surface area contributed by atoms with E-state index in [9.17, 15) is 4.79 Å². The zero-order valence-corrected chi connectivity index (χ0v) is 12.6.